The van der Waals surface area contributed by atoms with Gasteiger partial charge in [-0.25, -0.2) is 0 Å². The van der Waals surface area contributed by atoms with Crippen LogP contribution in [0.2, 0.25) is 0 Å². The van der Waals surface area contributed by atoms with Gasteiger partial charge in [-0.3, -0.25) is 0 Å². The van der Waals surface area contributed by atoms with Crippen molar-refractivity contribution in [2.75, 3.05) is 4.90 Å². The van der Waals surface area contributed by atoms with E-state index in [2.05, 4.69) is 223 Å². The van der Waals surface area contributed by atoms with Gasteiger partial charge >= 0.3 is 0 Å². The molecule has 0 radical (unpaired) electrons. The molecular weight excluding hydrogens is 717 g/mol. The summed E-state index contributed by atoms with van der Waals surface area (Å²) in [6, 6.07) is 78.5. The van der Waals surface area contributed by atoms with E-state index in [1.165, 1.54) is 38.8 Å². The molecule has 12 rings (SSSR count). The number of benzene rings is 9. The number of anilines is 3. The summed E-state index contributed by atoms with van der Waals surface area (Å²) < 4.78 is 13.6. The van der Waals surface area contributed by atoms with E-state index in [9.17, 15) is 0 Å². The highest BCUT2D eigenvalue weighted by molar-refractivity contribution is 6.98. The third kappa shape index (κ3) is 4.96. The highest BCUT2D eigenvalue weighted by atomic mass is 16.5. The minimum absolute atomic E-state index is 0.0879. The number of ether oxygens (including phenoxy) is 2. The lowest BCUT2D eigenvalue weighted by Gasteiger charge is -2.48. The molecule has 0 fully saturated rings. The van der Waals surface area contributed by atoms with E-state index in [4.69, 9.17) is 9.47 Å². The lowest BCUT2D eigenvalue weighted by molar-refractivity contribution is 0.434. The van der Waals surface area contributed by atoms with Gasteiger partial charge in [-0.1, -0.05) is 181 Å². The third-order valence-corrected chi connectivity index (χ3v) is 12.5. The molecule has 0 bridgehead atoms. The van der Waals surface area contributed by atoms with Crippen molar-refractivity contribution in [1.82, 2.24) is 0 Å². The Hall–Kier alpha value is -7.56. The Kier molecular flexibility index (Phi) is 7.54. The molecule has 3 nitrogen and oxygen atoms in total. The zero-order valence-electron chi connectivity index (χ0n) is 32.1. The van der Waals surface area contributed by atoms with Gasteiger partial charge in [0.25, 0.3) is 6.71 Å². The SMILES string of the molecule is c1ccc(-c2cccc(-c3ccccc3)c2B2c3ccccc3Oc3cc(N4c5ccccc5C5(c6ccccc6Oc6ccccc65)c5ccccc54)ccc32)cc1. The number of hydrogen-bond acceptors (Lipinski definition) is 3. The van der Waals surface area contributed by atoms with E-state index in [1.807, 2.05) is 0 Å². The molecule has 0 amide bonds. The average Bonchev–Trinajstić information content (AvgIpc) is 3.31. The monoisotopic (exact) mass is 753 g/mol. The summed E-state index contributed by atoms with van der Waals surface area (Å²) in [5, 5.41) is 0. The molecule has 0 saturated carbocycles. The molecule has 0 aromatic heterocycles. The molecule has 0 saturated heterocycles. The first-order valence-electron chi connectivity index (χ1n) is 20.3. The van der Waals surface area contributed by atoms with Gasteiger partial charge in [-0.15, -0.1) is 0 Å². The van der Waals surface area contributed by atoms with E-state index in [0.29, 0.717) is 0 Å². The van der Waals surface area contributed by atoms with Crippen LogP contribution >= 0.6 is 0 Å². The van der Waals surface area contributed by atoms with Gasteiger partial charge in [0.15, 0.2) is 0 Å². The van der Waals surface area contributed by atoms with Crippen LogP contribution in [0, 0.1) is 0 Å². The van der Waals surface area contributed by atoms with Crippen LogP contribution in [0.25, 0.3) is 22.3 Å². The summed E-state index contributed by atoms with van der Waals surface area (Å²) in [7, 11) is 0. The first-order chi connectivity index (χ1) is 29.3. The standard InChI is InChI=1S/C55H36BNO2/c1-3-18-37(19-4-1)40-22-17-23-41(38-20-5-2-6-21-38)54(40)56-46-28-11-16-33-52(46)59-53-36-39(34-35-47(53)56)57-48-29-12-7-24-42(48)55(43-25-8-13-30-49(43)57)44-26-9-14-31-50(44)58-51-32-15-10-27-45(51)55/h1-36H. The number of hydrogen-bond donors (Lipinski definition) is 0. The number of para-hydroxylation sites is 5. The van der Waals surface area contributed by atoms with E-state index in [1.54, 1.807) is 0 Å². The molecule has 276 valence electrons. The van der Waals surface area contributed by atoms with Crippen molar-refractivity contribution in [2.24, 2.45) is 0 Å². The number of rotatable bonds is 4. The predicted molar refractivity (Wildman–Crippen MR) is 242 cm³/mol. The second-order valence-corrected chi connectivity index (χ2v) is 15.5. The number of fused-ring (bicyclic) bond motifs is 10. The van der Waals surface area contributed by atoms with Crippen LogP contribution in [0.4, 0.5) is 17.1 Å². The van der Waals surface area contributed by atoms with Crippen LogP contribution in [0.5, 0.6) is 23.0 Å². The largest absolute Gasteiger partial charge is 0.458 e. The second-order valence-electron chi connectivity index (χ2n) is 15.5. The number of nitrogens with zero attached hydrogens (tertiary/aromatic N) is 1. The maximum atomic E-state index is 6.99. The van der Waals surface area contributed by atoms with Gasteiger partial charge in [0.05, 0.1) is 16.8 Å². The summed E-state index contributed by atoms with van der Waals surface area (Å²) in [5.74, 6) is 3.48. The van der Waals surface area contributed by atoms with Gasteiger partial charge in [0.1, 0.15) is 23.0 Å². The van der Waals surface area contributed by atoms with Crippen LogP contribution in [0.1, 0.15) is 22.3 Å². The Balaban J connectivity index is 1.09. The fraction of sp³-hybridized carbons (Fsp3) is 0.0182. The molecule has 0 atom stereocenters. The normalized spacial score (nSPS) is 13.8. The molecule has 0 unspecified atom stereocenters. The quantitative estimate of drug-likeness (QED) is 0.167. The van der Waals surface area contributed by atoms with Gasteiger partial charge < -0.3 is 14.4 Å². The van der Waals surface area contributed by atoms with Gasteiger partial charge in [-0.05, 0) is 80.7 Å². The second kappa shape index (κ2) is 13.3. The minimum Gasteiger partial charge on any atom is -0.458 e. The van der Waals surface area contributed by atoms with Crippen LogP contribution in [0.15, 0.2) is 218 Å². The Morgan fingerprint density at radius 1 is 0.356 bits per heavy atom. The highest BCUT2D eigenvalue weighted by Crippen LogP contribution is 2.62. The zero-order valence-corrected chi connectivity index (χ0v) is 32.1. The molecule has 3 heterocycles. The van der Waals surface area contributed by atoms with Gasteiger partial charge in [0.2, 0.25) is 0 Å². The fourth-order valence-corrected chi connectivity index (χ4v) is 10.1. The smallest absolute Gasteiger partial charge is 0.252 e. The first-order valence-corrected chi connectivity index (χ1v) is 20.3. The first kappa shape index (κ1) is 33.6. The summed E-state index contributed by atoms with van der Waals surface area (Å²) in [6.45, 7) is -0.0879. The van der Waals surface area contributed by atoms with Crippen molar-refractivity contribution in [3.8, 4) is 45.3 Å². The van der Waals surface area contributed by atoms with Crippen molar-refractivity contribution >= 4 is 40.2 Å². The molecule has 0 aliphatic carbocycles. The molecule has 9 aromatic carbocycles. The van der Waals surface area contributed by atoms with Crippen molar-refractivity contribution in [1.29, 1.82) is 0 Å². The lowest BCUT2D eigenvalue weighted by atomic mass is 9.34. The van der Waals surface area contributed by atoms with Crippen molar-refractivity contribution in [3.63, 3.8) is 0 Å². The molecular formula is C55H36BNO2. The van der Waals surface area contributed by atoms with Crippen LogP contribution in [-0.2, 0) is 5.41 Å². The third-order valence-electron chi connectivity index (χ3n) is 12.5. The van der Waals surface area contributed by atoms with E-state index < -0.39 is 5.41 Å². The van der Waals surface area contributed by atoms with E-state index in [0.717, 1.165) is 62.1 Å². The molecule has 1 spiro atoms. The van der Waals surface area contributed by atoms with E-state index >= 15 is 0 Å². The summed E-state index contributed by atoms with van der Waals surface area (Å²) in [4.78, 5) is 2.42. The van der Waals surface area contributed by atoms with Crippen LogP contribution in [0.3, 0.4) is 0 Å². The summed E-state index contributed by atoms with van der Waals surface area (Å²) in [5.41, 5.74) is 15.7. The molecule has 3 aliphatic heterocycles. The predicted octanol–water partition coefficient (Wildman–Crippen LogP) is 11.9. The molecule has 0 N–H and O–H groups in total. The van der Waals surface area contributed by atoms with Crippen molar-refractivity contribution in [2.45, 2.75) is 5.41 Å². The zero-order chi connectivity index (χ0) is 38.9. The van der Waals surface area contributed by atoms with Crippen molar-refractivity contribution < 1.29 is 9.47 Å². The molecule has 3 aliphatic rings. The lowest BCUT2D eigenvalue weighted by Crippen LogP contribution is -2.56. The summed E-state index contributed by atoms with van der Waals surface area (Å²) in [6.07, 6.45) is 0. The molecule has 4 heteroatoms. The van der Waals surface area contributed by atoms with Crippen LogP contribution in [-0.4, -0.2) is 6.71 Å². The Morgan fingerprint density at radius 2 is 0.814 bits per heavy atom. The maximum Gasteiger partial charge on any atom is 0.252 e. The Bertz CT molecular complexity index is 2930. The van der Waals surface area contributed by atoms with Gasteiger partial charge in [0, 0.05) is 22.9 Å². The highest BCUT2D eigenvalue weighted by Gasteiger charge is 2.51. The Morgan fingerprint density at radius 3 is 1.41 bits per heavy atom. The fourth-order valence-electron chi connectivity index (χ4n) is 10.1. The topological polar surface area (TPSA) is 21.7 Å². The van der Waals surface area contributed by atoms with Crippen molar-refractivity contribution in [3.05, 3.63) is 241 Å². The molecule has 59 heavy (non-hydrogen) atoms. The maximum absolute atomic E-state index is 6.99. The van der Waals surface area contributed by atoms with Crippen LogP contribution < -0.4 is 30.8 Å². The average molecular weight is 754 g/mol. The van der Waals surface area contributed by atoms with Gasteiger partial charge in [-0.2, -0.15) is 0 Å². The molecule has 9 aromatic rings. The minimum atomic E-state index is -0.598. The van der Waals surface area contributed by atoms with E-state index in [-0.39, 0.29) is 6.71 Å². The Labute approximate surface area is 344 Å². The summed E-state index contributed by atoms with van der Waals surface area (Å²) >= 11 is 0.